The third kappa shape index (κ3) is 2.02. The lowest BCUT2D eigenvalue weighted by Crippen LogP contribution is -2.47. The van der Waals surface area contributed by atoms with Crippen LogP contribution in [0.5, 0.6) is 5.75 Å². The Morgan fingerprint density at radius 1 is 1.46 bits per heavy atom. The fourth-order valence-corrected chi connectivity index (χ4v) is 4.80. The zero-order valence-electron chi connectivity index (χ0n) is 12.8. The van der Waals surface area contributed by atoms with E-state index in [1.807, 2.05) is 12.1 Å². The molecule has 0 spiro atoms. The van der Waals surface area contributed by atoms with Crippen molar-refractivity contribution in [1.82, 2.24) is 10.3 Å². The van der Waals surface area contributed by atoms with Crippen LogP contribution >= 0.6 is 11.3 Å². The van der Waals surface area contributed by atoms with E-state index >= 15 is 0 Å². The Hall–Kier alpha value is -1.93. The number of ether oxygens (including phenoxy) is 2. The maximum atomic E-state index is 13.0. The lowest BCUT2D eigenvalue weighted by molar-refractivity contribution is -0.0150. The van der Waals surface area contributed by atoms with Gasteiger partial charge in [0.1, 0.15) is 12.4 Å². The van der Waals surface area contributed by atoms with Crippen LogP contribution in [-0.4, -0.2) is 49.1 Å². The maximum Gasteiger partial charge on any atom is 0.324 e. The minimum atomic E-state index is -0.532. The van der Waals surface area contributed by atoms with Crippen molar-refractivity contribution in [1.29, 1.82) is 0 Å². The second-order valence-corrected chi connectivity index (χ2v) is 7.33. The van der Waals surface area contributed by atoms with Gasteiger partial charge in [0.25, 0.3) is 0 Å². The van der Waals surface area contributed by atoms with Crippen LogP contribution in [0.15, 0.2) is 12.1 Å². The quantitative estimate of drug-likeness (QED) is 0.903. The summed E-state index contributed by atoms with van der Waals surface area (Å²) in [6.45, 7) is 0.483. The molecule has 6 nitrogen and oxygen atoms in total. The first-order valence-electron chi connectivity index (χ1n) is 8.07. The van der Waals surface area contributed by atoms with Crippen LogP contribution in [0, 0.1) is 0 Å². The minimum Gasteiger partial charge on any atom is -0.493 e. The molecule has 0 saturated carbocycles. The summed E-state index contributed by atoms with van der Waals surface area (Å²) in [5, 5.41) is 3.59. The molecule has 126 valence electrons. The Balaban J connectivity index is 1.55. The molecule has 5 rings (SSSR count). The van der Waals surface area contributed by atoms with Gasteiger partial charge in [-0.3, -0.25) is 4.90 Å². The number of benzene rings is 1. The maximum absolute atomic E-state index is 13.0. The molecule has 24 heavy (non-hydrogen) atoms. The van der Waals surface area contributed by atoms with Crippen molar-refractivity contribution in [2.75, 3.05) is 24.8 Å². The summed E-state index contributed by atoms with van der Waals surface area (Å²) in [5.41, 5.74) is 2.02. The van der Waals surface area contributed by atoms with Gasteiger partial charge in [-0.15, -0.1) is 0 Å². The first-order valence-corrected chi connectivity index (χ1v) is 8.89. The van der Waals surface area contributed by atoms with Gasteiger partial charge in [0.2, 0.25) is 0 Å². The molecular weight excluding hydrogens is 333 g/mol. The van der Waals surface area contributed by atoms with E-state index in [-0.39, 0.29) is 18.1 Å². The highest BCUT2D eigenvalue weighted by atomic mass is 32.1. The molecule has 3 aliphatic rings. The number of hydrogen-bond donors (Lipinski definition) is 1. The van der Waals surface area contributed by atoms with Crippen molar-refractivity contribution in [2.24, 2.45) is 0 Å². The number of nitrogens with zero attached hydrogens (tertiary/aromatic N) is 2. The van der Waals surface area contributed by atoms with E-state index in [1.165, 1.54) is 11.3 Å². The van der Waals surface area contributed by atoms with Crippen LogP contribution in [0.2, 0.25) is 0 Å². The van der Waals surface area contributed by atoms with Crippen LogP contribution in [0.3, 0.4) is 0 Å². The molecule has 0 radical (unpaired) electrons. The lowest BCUT2D eigenvalue weighted by atomic mass is 10.00. The van der Waals surface area contributed by atoms with Gasteiger partial charge in [-0.2, -0.15) is 0 Å². The molecule has 2 fully saturated rings. The molecule has 0 bridgehead atoms. The van der Waals surface area contributed by atoms with Gasteiger partial charge in [-0.05, 0) is 18.6 Å². The molecular formula is C16H16FN3O3S. The molecule has 3 aliphatic heterocycles. The van der Waals surface area contributed by atoms with Gasteiger partial charge in [-0.25, -0.2) is 14.2 Å². The topological polar surface area (TPSA) is 63.7 Å². The van der Waals surface area contributed by atoms with Crippen LogP contribution in [0.25, 0.3) is 10.2 Å². The predicted octanol–water partition coefficient (Wildman–Crippen LogP) is 2.26. The predicted molar refractivity (Wildman–Crippen MR) is 87.7 cm³/mol. The van der Waals surface area contributed by atoms with Crippen LogP contribution in [-0.2, 0) is 11.2 Å². The Morgan fingerprint density at radius 3 is 3.25 bits per heavy atom. The number of alkyl halides is 1. The summed E-state index contributed by atoms with van der Waals surface area (Å²) in [4.78, 5) is 18.9. The van der Waals surface area contributed by atoms with Crippen molar-refractivity contribution in [2.45, 2.75) is 31.0 Å². The fraction of sp³-hybridized carbons (Fsp3) is 0.500. The largest absolute Gasteiger partial charge is 0.493 e. The van der Waals surface area contributed by atoms with E-state index in [1.54, 1.807) is 4.90 Å². The highest BCUT2D eigenvalue weighted by molar-refractivity contribution is 7.22. The van der Waals surface area contributed by atoms with E-state index in [9.17, 15) is 9.18 Å². The second kappa shape index (κ2) is 5.29. The van der Waals surface area contributed by atoms with Crippen molar-refractivity contribution >= 4 is 32.7 Å². The Labute approximate surface area is 141 Å². The van der Waals surface area contributed by atoms with Gasteiger partial charge < -0.3 is 14.8 Å². The van der Waals surface area contributed by atoms with Crippen molar-refractivity contribution in [3.63, 3.8) is 0 Å². The summed E-state index contributed by atoms with van der Waals surface area (Å²) >= 11 is 1.49. The van der Waals surface area contributed by atoms with Crippen LogP contribution in [0.4, 0.5) is 14.3 Å². The summed E-state index contributed by atoms with van der Waals surface area (Å²) in [6, 6.07) is 3.55. The van der Waals surface area contributed by atoms with Gasteiger partial charge in [0.15, 0.2) is 5.13 Å². The van der Waals surface area contributed by atoms with E-state index in [0.29, 0.717) is 24.8 Å². The van der Waals surface area contributed by atoms with Crippen molar-refractivity contribution < 1.29 is 18.7 Å². The van der Waals surface area contributed by atoms with E-state index in [0.717, 1.165) is 28.0 Å². The number of halogens is 1. The Kier molecular flexibility index (Phi) is 3.18. The third-order valence-corrected chi connectivity index (χ3v) is 5.96. The SMILES string of the molecule is O=C1NC2COC(CF)CC2N1c1nc2c3c(ccc2s1)OCC3. The second-order valence-electron chi connectivity index (χ2n) is 6.32. The number of carbonyl (C=O) groups excluding carboxylic acids is 1. The van der Waals surface area contributed by atoms with Gasteiger partial charge in [0, 0.05) is 12.0 Å². The molecule has 2 aromatic rings. The number of nitrogens with one attached hydrogen (secondary N) is 1. The molecule has 1 aromatic carbocycles. The Morgan fingerprint density at radius 2 is 2.38 bits per heavy atom. The summed E-state index contributed by atoms with van der Waals surface area (Å²) in [7, 11) is 0. The number of hydrogen-bond acceptors (Lipinski definition) is 5. The molecule has 4 heterocycles. The number of urea groups is 1. The number of carbonyl (C=O) groups is 1. The van der Waals surface area contributed by atoms with Crippen LogP contribution < -0.4 is 15.0 Å². The molecule has 3 unspecified atom stereocenters. The molecule has 3 atom stereocenters. The normalized spacial score (nSPS) is 28.6. The van der Waals surface area contributed by atoms with Crippen molar-refractivity contribution in [3.05, 3.63) is 17.7 Å². The van der Waals surface area contributed by atoms with Crippen LogP contribution in [0.1, 0.15) is 12.0 Å². The van der Waals surface area contributed by atoms with Crippen molar-refractivity contribution in [3.8, 4) is 5.75 Å². The lowest BCUT2D eigenvalue weighted by Gasteiger charge is -2.32. The first kappa shape index (κ1) is 14.4. The zero-order valence-corrected chi connectivity index (χ0v) is 13.6. The highest BCUT2D eigenvalue weighted by Gasteiger charge is 2.45. The number of thiazole rings is 1. The molecule has 8 heteroatoms. The monoisotopic (exact) mass is 349 g/mol. The number of amides is 2. The molecule has 1 N–H and O–H groups in total. The number of anilines is 1. The van der Waals surface area contributed by atoms with E-state index in [2.05, 4.69) is 5.32 Å². The molecule has 1 aromatic heterocycles. The highest BCUT2D eigenvalue weighted by Crippen LogP contribution is 2.40. The molecule has 2 amide bonds. The van der Waals surface area contributed by atoms with E-state index < -0.39 is 12.8 Å². The average molecular weight is 349 g/mol. The first-order chi connectivity index (χ1) is 11.7. The average Bonchev–Trinajstić information content (AvgIpc) is 3.28. The van der Waals surface area contributed by atoms with Gasteiger partial charge in [0.05, 0.1) is 41.6 Å². The minimum absolute atomic E-state index is 0.110. The number of fused-ring (bicyclic) bond motifs is 4. The fourth-order valence-electron chi connectivity index (χ4n) is 3.75. The van der Waals surface area contributed by atoms with Gasteiger partial charge >= 0.3 is 6.03 Å². The molecule has 0 aliphatic carbocycles. The number of aromatic nitrogens is 1. The standard InChI is InChI=1S/C16H16FN3O3S/c17-6-8-5-11-10(7-23-8)18-15(21)20(11)16-19-14-9-3-4-22-12(9)1-2-13(14)24-16/h1-2,8,10-11H,3-7H2,(H,18,21). The smallest absolute Gasteiger partial charge is 0.324 e. The summed E-state index contributed by atoms with van der Waals surface area (Å²) < 4.78 is 25.1. The summed E-state index contributed by atoms with van der Waals surface area (Å²) in [6.07, 6.45) is 0.872. The summed E-state index contributed by atoms with van der Waals surface area (Å²) in [5.74, 6) is 0.881. The third-order valence-electron chi connectivity index (χ3n) is 4.94. The number of rotatable bonds is 2. The molecule has 2 saturated heterocycles. The van der Waals surface area contributed by atoms with Gasteiger partial charge in [-0.1, -0.05) is 11.3 Å². The van der Waals surface area contributed by atoms with E-state index in [4.69, 9.17) is 14.5 Å². The Bertz CT molecular complexity index is 826. The zero-order chi connectivity index (χ0) is 16.3.